The van der Waals surface area contributed by atoms with Crippen LogP contribution in [0.1, 0.15) is 39.7 Å². The molecule has 0 aliphatic heterocycles. The number of nitrogens with one attached hydrogen (secondary N) is 1. The van der Waals surface area contributed by atoms with Crippen molar-refractivity contribution < 1.29 is 9.21 Å². The van der Waals surface area contributed by atoms with E-state index >= 15 is 0 Å². The van der Waals surface area contributed by atoms with Crippen LogP contribution in [0, 0.1) is 20.8 Å². The number of carbonyl (C=O) groups excluding carboxylic acids is 1. The lowest BCUT2D eigenvalue weighted by Crippen LogP contribution is -2.15. The fourth-order valence-corrected chi connectivity index (χ4v) is 2.29. The largest absolute Gasteiger partial charge is 0.469 e. The van der Waals surface area contributed by atoms with Crippen molar-refractivity contribution in [2.24, 2.45) is 0 Å². The Hall–Kier alpha value is -2.03. The van der Waals surface area contributed by atoms with Crippen LogP contribution in [-0.2, 0) is 6.42 Å². The van der Waals surface area contributed by atoms with Crippen molar-refractivity contribution in [1.82, 2.24) is 0 Å². The molecule has 2 rings (SSSR count). The Labute approximate surface area is 113 Å². The van der Waals surface area contributed by atoms with Gasteiger partial charge in [0.2, 0.25) is 0 Å². The smallest absolute Gasteiger partial charge is 0.259 e. The Morgan fingerprint density at radius 2 is 1.95 bits per heavy atom. The maximum Gasteiger partial charge on any atom is 0.259 e. The number of carbonyl (C=O) groups is 1. The maximum absolute atomic E-state index is 12.4. The normalized spacial score (nSPS) is 10.5. The lowest BCUT2D eigenvalue weighted by molar-refractivity contribution is 0.102. The monoisotopic (exact) mass is 257 g/mol. The lowest BCUT2D eigenvalue weighted by atomic mass is 10.0. The number of hydrogen-bond donors (Lipinski definition) is 1. The summed E-state index contributed by atoms with van der Waals surface area (Å²) in [5.41, 5.74) is 4.63. The Bertz CT molecular complexity index is 592. The van der Waals surface area contributed by atoms with E-state index in [-0.39, 0.29) is 5.91 Å². The molecule has 19 heavy (non-hydrogen) atoms. The van der Waals surface area contributed by atoms with Crippen molar-refractivity contribution in [1.29, 1.82) is 0 Å². The summed E-state index contributed by atoms with van der Waals surface area (Å²) in [6, 6.07) is 6.06. The zero-order valence-electron chi connectivity index (χ0n) is 11.8. The quantitative estimate of drug-likeness (QED) is 0.902. The zero-order valence-corrected chi connectivity index (χ0v) is 11.8. The summed E-state index contributed by atoms with van der Waals surface area (Å²) in [7, 11) is 0. The first-order chi connectivity index (χ1) is 9.04. The minimum absolute atomic E-state index is 0.104. The summed E-state index contributed by atoms with van der Waals surface area (Å²) >= 11 is 0. The molecule has 0 fully saturated rings. The van der Waals surface area contributed by atoms with Crippen molar-refractivity contribution in [3.8, 4) is 0 Å². The predicted octanol–water partition coefficient (Wildman–Crippen LogP) is 4.02. The fourth-order valence-electron chi connectivity index (χ4n) is 2.29. The molecule has 1 aromatic heterocycles. The summed E-state index contributed by atoms with van der Waals surface area (Å²) in [4.78, 5) is 12.4. The average molecular weight is 257 g/mol. The number of aryl methyl sites for hydroxylation is 4. The van der Waals surface area contributed by atoms with Gasteiger partial charge in [-0.3, -0.25) is 4.79 Å². The molecule has 0 bridgehead atoms. The minimum atomic E-state index is -0.104. The first kappa shape index (κ1) is 13.4. The van der Waals surface area contributed by atoms with E-state index < -0.39 is 0 Å². The van der Waals surface area contributed by atoms with Crippen LogP contribution >= 0.6 is 0 Å². The third kappa shape index (κ3) is 2.55. The van der Waals surface area contributed by atoms with Crippen LogP contribution in [0.3, 0.4) is 0 Å². The number of rotatable bonds is 3. The molecule has 0 radical (unpaired) electrons. The van der Waals surface area contributed by atoms with Crippen LogP contribution in [0.25, 0.3) is 0 Å². The maximum atomic E-state index is 12.4. The van der Waals surface area contributed by atoms with Crippen LogP contribution in [0.5, 0.6) is 0 Å². The molecule has 0 atom stereocenters. The molecule has 100 valence electrons. The first-order valence-corrected chi connectivity index (χ1v) is 6.49. The van der Waals surface area contributed by atoms with E-state index in [0.717, 1.165) is 28.8 Å². The number of amides is 1. The van der Waals surface area contributed by atoms with Gasteiger partial charge in [-0.1, -0.05) is 25.1 Å². The molecular weight excluding hydrogens is 238 g/mol. The van der Waals surface area contributed by atoms with Crippen molar-refractivity contribution >= 4 is 11.6 Å². The van der Waals surface area contributed by atoms with Crippen molar-refractivity contribution in [3.63, 3.8) is 0 Å². The zero-order chi connectivity index (χ0) is 14.0. The highest BCUT2D eigenvalue weighted by Gasteiger charge is 2.17. The molecule has 0 saturated heterocycles. The first-order valence-electron chi connectivity index (χ1n) is 6.49. The molecule has 0 aliphatic carbocycles. The molecule has 1 aromatic carbocycles. The summed E-state index contributed by atoms with van der Waals surface area (Å²) in [5, 5.41) is 3.01. The average Bonchev–Trinajstić information content (AvgIpc) is 2.71. The molecule has 2 aromatic rings. The highest BCUT2D eigenvalue weighted by Crippen LogP contribution is 2.23. The Kier molecular flexibility index (Phi) is 3.74. The Balaban J connectivity index is 2.35. The number of hydrogen-bond acceptors (Lipinski definition) is 2. The second-order valence-corrected chi connectivity index (χ2v) is 4.77. The molecule has 0 spiro atoms. The summed E-state index contributed by atoms with van der Waals surface area (Å²) in [6.45, 7) is 7.77. The lowest BCUT2D eigenvalue weighted by Gasteiger charge is -2.13. The minimum Gasteiger partial charge on any atom is -0.469 e. The molecule has 1 heterocycles. The van der Waals surface area contributed by atoms with E-state index in [4.69, 9.17) is 4.42 Å². The standard InChI is InChI=1S/C16H19NO2/c1-5-13-8-6-7-10(2)15(13)17-16(18)14-11(3)9-19-12(14)4/h6-9H,5H2,1-4H3,(H,17,18). The van der Waals surface area contributed by atoms with Crippen molar-refractivity contribution in [3.05, 3.63) is 52.5 Å². The fraction of sp³-hybridized carbons (Fsp3) is 0.312. The third-order valence-electron chi connectivity index (χ3n) is 3.36. The number of anilines is 1. The number of furan rings is 1. The topological polar surface area (TPSA) is 42.2 Å². The van der Waals surface area contributed by atoms with Gasteiger partial charge < -0.3 is 9.73 Å². The summed E-state index contributed by atoms with van der Waals surface area (Å²) in [5.74, 6) is 0.550. The van der Waals surface area contributed by atoms with E-state index in [1.165, 1.54) is 0 Å². The third-order valence-corrected chi connectivity index (χ3v) is 3.36. The SMILES string of the molecule is CCc1cccc(C)c1NC(=O)c1c(C)coc1C. The second-order valence-electron chi connectivity index (χ2n) is 4.77. The van der Waals surface area contributed by atoms with Crippen LogP contribution in [0.15, 0.2) is 28.9 Å². The van der Waals surface area contributed by atoms with Gasteiger partial charge in [0, 0.05) is 11.3 Å². The van der Waals surface area contributed by atoms with E-state index in [1.54, 1.807) is 13.2 Å². The molecule has 0 unspecified atom stereocenters. The van der Waals surface area contributed by atoms with Gasteiger partial charge in [0.1, 0.15) is 5.76 Å². The van der Waals surface area contributed by atoms with Crippen molar-refractivity contribution in [2.45, 2.75) is 34.1 Å². The molecule has 3 nitrogen and oxygen atoms in total. The van der Waals surface area contributed by atoms with E-state index in [2.05, 4.69) is 12.2 Å². The van der Waals surface area contributed by atoms with Crippen LogP contribution in [0.4, 0.5) is 5.69 Å². The molecular formula is C16H19NO2. The van der Waals surface area contributed by atoms with Crippen LogP contribution in [0.2, 0.25) is 0 Å². The molecule has 1 N–H and O–H groups in total. The second kappa shape index (κ2) is 5.31. The predicted molar refractivity (Wildman–Crippen MR) is 76.7 cm³/mol. The van der Waals surface area contributed by atoms with E-state index in [0.29, 0.717) is 11.3 Å². The highest BCUT2D eigenvalue weighted by atomic mass is 16.3. The number of benzene rings is 1. The summed E-state index contributed by atoms with van der Waals surface area (Å²) in [6.07, 6.45) is 2.50. The number of para-hydroxylation sites is 1. The van der Waals surface area contributed by atoms with Gasteiger partial charge in [0.15, 0.2) is 0 Å². The van der Waals surface area contributed by atoms with Gasteiger partial charge in [-0.05, 0) is 38.3 Å². The Morgan fingerprint density at radius 3 is 2.53 bits per heavy atom. The van der Waals surface area contributed by atoms with E-state index in [9.17, 15) is 4.79 Å². The summed E-state index contributed by atoms with van der Waals surface area (Å²) < 4.78 is 5.28. The van der Waals surface area contributed by atoms with Gasteiger partial charge >= 0.3 is 0 Å². The van der Waals surface area contributed by atoms with Gasteiger partial charge in [0.05, 0.1) is 11.8 Å². The molecule has 3 heteroatoms. The van der Waals surface area contributed by atoms with Gasteiger partial charge in [-0.25, -0.2) is 0 Å². The van der Waals surface area contributed by atoms with Gasteiger partial charge in [0.25, 0.3) is 5.91 Å². The van der Waals surface area contributed by atoms with Gasteiger partial charge in [-0.15, -0.1) is 0 Å². The molecule has 1 amide bonds. The Morgan fingerprint density at radius 1 is 1.21 bits per heavy atom. The van der Waals surface area contributed by atoms with Crippen molar-refractivity contribution in [2.75, 3.05) is 5.32 Å². The molecule has 0 saturated carbocycles. The van der Waals surface area contributed by atoms with E-state index in [1.807, 2.05) is 32.0 Å². The highest BCUT2D eigenvalue weighted by molar-refractivity contribution is 6.06. The van der Waals surface area contributed by atoms with Crippen LogP contribution in [-0.4, -0.2) is 5.91 Å². The van der Waals surface area contributed by atoms with Crippen LogP contribution < -0.4 is 5.32 Å². The van der Waals surface area contributed by atoms with Gasteiger partial charge in [-0.2, -0.15) is 0 Å². The molecule has 0 aliphatic rings.